The minimum atomic E-state index is -0.830. The van der Waals surface area contributed by atoms with Crippen LogP contribution in [-0.4, -0.2) is 23.6 Å². The van der Waals surface area contributed by atoms with E-state index in [0.29, 0.717) is 29.9 Å². The molecule has 0 aromatic rings. The zero-order chi connectivity index (χ0) is 18.0. The van der Waals surface area contributed by atoms with Crippen LogP contribution in [0.4, 0.5) is 0 Å². The Bertz CT molecular complexity index is 512. The van der Waals surface area contributed by atoms with Crippen molar-refractivity contribution in [2.24, 2.45) is 11.3 Å². The summed E-state index contributed by atoms with van der Waals surface area (Å²) in [5.74, 6) is -0.498. The van der Waals surface area contributed by atoms with Crippen LogP contribution in [-0.2, 0) is 19.1 Å². The average Bonchev–Trinajstić information content (AvgIpc) is 2.39. The van der Waals surface area contributed by atoms with Crippen molar-refractivity contribution in [2.45, 2.75) is 72.5 Å². The summed E-state index contributed by atoms with van der Waals surface area (Å²) in [6.07, 6.45) is 1.77. The maximum absolute atomic E-state index is 12.0. The highest BCUT2D eigenvalue weighted by molar-refractivity contribution is 5.88. The van der Waals surface area contributed by atoms with E-state index in [-0.39, 0.29) is 5.41 Å². The van der Waals surface area contributed by atoms with Gasteiger partial charge in [-0.05, 0) is 51.4 Å². The highest BCUT2D eigenvalue weighted by Crippen LogP contribution is 2.44. The smallest absolute Gasteiger partial charge is 0.333 e. The van der Waals surface area contributed by atoms with Gasteiger partial charge in [0.15, 0.2) is 0 Å². The van der Waals surface area contributed by atoms with Crippen molar-refractivity contribution in [3.05, 3.63) is 24.3 Å². The minimum absolute atomic E-state index is 0.105. The first-order chi connectivity index (χ1) is 10.4. The van der Waals surface area contributed by atoms with Crippen molar-refractivity contribution >= 4 is 11.9 Å². The van der Waals surface area contributed by atoms with E-state index in [2.05, 4.69) is 33.9 Å². The fourth-order valence-corrected chi connectivity index (χ4v) is 2.85. The molecule has 3 atom stereocenters. The number of carbonyl (C=O) groups excluding carboxylic acids is 2. The van der Waals surface area contributed by atoms with Crippen LogP contribution < -0.4 is 0 Å². The Morgan fingerprint density at radius 3 is 2.04 bits per heavy atom. The van der Waals surface area contributed by atoms with Crippen LogP contribution in [0.25, 0.3) is 0 Å². The Hall–Kier alpha value is -1.58. The molecule has 1 aliphatic carbocycles. The predicted molar refractivity (Wildman–Crippen MR) is 90.8 cm³/mol. The summed E-state index contributed by atoms with van der Waals surface area (Å²) in [4.78, 5) is 24.0. The number of hydrogen-bond donors (Lipinski definition) is 0. The molecule has 3 unspecified atom stereocenters. The van der Waals surface area contributed by atoms with Crippen LogP contribution in [0.3, 0.4) is 0 Å². The van der Waals surface area contributed by atoms with Gasteiger partial charge in [0.25, 0.3) is 0 Å². The fraction of sp³-hybridized carbons (Fsp3) is 0.684. The van der Waals surface area contributed by atoms with Gasteiger partial charge in [-0.3, -0.25) is 0 Å². The maximum atomic E-state index is 12.0. The minimum Gasteiger partial charge on any atom is -0.455 e. The Morgan fingerprint density at radius 1 is 1.09 bits per heavy atom. The molecular formula is C19H30O4. The Kier molecular flexibility index (Phi) is 5.84. The Labute approximate surface area is 139 Å². The second-order valence-corrected chi connectivity index (χ2v) is 7.99. The molecule has 0 aromatic heterocycles. The molecule has 0 amide bonds. The molecule has 4 heteroatoms. The van der Waals surface area contributed by atoms with Gasteiger partial charge in [0, 0.05) is 11.1 Å². The van der Waals surface area contributed by atoms with Crippen molar-refractivity contribution in [1.82, 2.24) is 0 Å². The van der Waals surface area contributed by atoms with Crippen molar-refractivity contribution in [2.75, 3.05) is 0 Å². The Balaban J connectivity index is 3.02. The molecule has 0 heterocycles. The van der Waals surface area contributed by atoms with Crippen molar-refractivity contribution < 1.29 is 19.1 Å². The van der Waals surface area contributed by atoms with Crippen molar-refractivity contribution in [1.29, 1.82) is 0 Å². The van der Waals surface area contributed by atoms with E-state index in [4.69, 9.17) is 9.47 Å². The zero-order valence-corrected chi connectivity index (χ0v) is 15.3. The largest absolute Gasteiger partial charge is 0.455 e. The van der Waals surface area contributed by atoms with Gasteiger partial charge in [-0.25, -0.2) is 9.59 Å². The summed E-state index contributed by atoms with van der Waals surface area (Å²) in [7, 11) is 0. The molecule has 130 valence electrons. The van der Waals surface area contributed by atoms with Gasteiger partial charge >= 0.3 is 11.9 Å². The number of rotatable bonds is 4. The monoisotopic (exact) mass is 322 g/mol. The summed E-state index contributed by atoms with van der Waals surface area (Å²) >= 11 is 0. The highest BCUT2D eigenvalue weighted by Gasteiger charge is 2.47. The highest BCUT2D eigenvalue weighted by atomic mass is 16.6. The molecule has 0 radical (unpaired) electrons. The van der Waals surface area contributed by atoms with Gasteiger partial charge in [0.2, 0.25) is 0 Å². The second-order valence-electron chi connectivity index (χ2n) is 7.99. The summed E-state index contributed by atoms with van der Waals surface area (Å²) in [6.45, 7) is 18.9. The van der Waals surface area contributed by atoms with Gasteiger partial charge in [-0.15, -0.1) is 0 Å². The first-order valence-electron chi connectivity index (χ1n) is 8.12. The zero-order valence-electron chi connectivity index (χ0n) is 15.3. The normalized spacial score (nSPS) is 27.9. The summed E-state index contributed by atoms with van der Waals surface area (Å²) in [5.41, 5.74) is -0.0400. The van der Waals surface area contributed by atoms with Crippen LogP contribution >= 0.6 is 0 Å². The molecule has 0 aromatic carbocycles. The lowest BCUT2D eigenvalue weighted by Crippen LogP contribution is -2.51. The Morgan fingerprint density at radius 2 is 1.61 bits per heavy atom. The third-order valence-electron chi connectivity index (χ3n) is 4.67. The average molecular weight is 322 g/mol. The third kappa shape index (κ3) is 4.95. The van der Waals surface area contributed by atoms with Crippen LogP contribution in [0.5, 0.6) is 0 Å². The van der Waals surface area contributed by atoms with Crippen LogP contribution in [0.2, 0.25) is 0 Å². The number of esters is 2. The van der Waals surface area contributed by atoms with E-state index in [1.54, 1.807) is 13.8 Å². The fourth-order valence-electron chi connectivity index (χ4n) is 2.85. The van der Waals surface area contributed by atoms with Gasteiger partial charge in [0.1, 0.15) is 11.7 Å². The van der Waals surface area contributed by atoms with E-state index in [0.717, 1.165) is 6.42 Å². The maximum Gasteiger partial charge on any atom is 0.333 e. The molecule has 0 spiro atoms. The predicted octanol–water partition coefficient (Wildman–Crippen LogP) is 4.20. The standard InChI is InChI=1S/C19H30O4/c1-12(2)16(20)22-15-11-14(18(5,6)7)9-10-19(15,8)23-17(21)13(3)4/h14-15H,1,3,9-11H2,2,4-8H3. The summed E-state index contributed by atoms with van der Waals surface area (Å²) in [6, 6.07) is 0. The lowest BCUT2D eigenvalue weighted by atomic mass is 9.67. The molecule has 0 saturated heterocycles. The first-order valence-corrected chi connectivity index (χ1v) is 8.12. The van der Waals surface area contributed by atoms with Crippen LogP contribution in [0.1, 0.15) is 60.8 Å². The summed E-state index contributed by atoms with van der Waals surface area (Å²) < 4.78 is 11.3. The molecule has 1 aliphatic rings. The third-order valence-corrected chi connectivity index (χ3v) is 4.67. The van der Waals surface area contributed by atoms with Crippen molar-refractivity contribution in [3.8, 4) is 0 Å². The molecule has 23 heavy (non-hydrogen) atoms. The van der Waals surface area contributed by atoms with Crippen LogP contribution in [0, 0.1) is 11.3 Å². The van der Waals surface area contributed by atoms with Crippen molar-refractivity contribution in [3.63, 3.8) is 0 Å². The second kappa shape index (κ2) is 6.90. The quantitative estimate of drug-likeness (QED) is 0.575. The van der Waals surface area contributed by atoms with E-state index < -0.39 is 23.6 Å². The van der Waals surface area contributed by atoms with Gasteiger partial charge in [0.05, 0.1) is 0 Å². The molecule has 4 nitrogen and oxygen atoms in total. The van der Waals surface area contributed by atoms with E-state index in [1.165, 1.54) is 0 Å². The molecule has 0 aliphatic heterocycles. The number of ether oxygens (including phenoxy) is 2. The van der Waals surface area contributed by atoms with Crippen LogP contribution in [0.15, 0.2) is 24.3 Å². The SMILES string of the molecule is C=C(C)C(=O)OC1CC(C(C)(C)C)CCC1(C)OC(=O)C(=C)C. The van der Waals surface area contributed by atoms with E-state index >= 15 is 0 Å². The molecule has 0 N–H and O–H groups in total. The topological polar surface area (TPSA) is 52.6 Å². The van der Waals surface area contributed by atoms with E-state index in [9.17, 15) is 9.59 Å². The van der Waals surface area contributed by atoms with Gasteiger partial charge in [-0.2, -0.15) is 0 Å². The lowest BCUT2D eigenvalue weighted by Gasteiger charge is -2.46. The molecule has 0 bridgehead atoms. The molecule has 1 fully saturated rings. The summed E-state index contributed by atoms with van der Waals surface area (Å²) in [5, 5.41) is 0. The number of hydrogen-bond acceptors (Lipinski definition) is 4. The molecule has 1 rings (SSSR count). The molecular weight excluding hydrogens is 292 g/mol. The van der Waals surface area contributed by atoms with Gasteiger partial charge < -0.3 is 9.47 Å². The van der Waals surface area contributed by atoms with E-state index in [1.807, 2.05) is 6.92 Å². The van der Waals surface area contributed by atoms with Gasteiger partial charge in [-0.1, -0.05) is 33.9 Å². The number of carbonyl (C=O) groups is 2. The lowest BCUT2D eigenvalue weighted by molar-refractivity contribution is -0.190. The first kappa shape index (κ1) is 19.5. The molecule has 1 saturated carbocycles.